The van der Waals surface area contributed by atoms with Gasteiger partial charge in [-0.15, -0.1) is 11.3 Å². The molecule has 1 amide bonds. The van der Waals surface area contributed by atoms with E-state index in [9.17, 15) is 4.79 Å². The van der Waals surface area contributed by atoms with Crippen molar-refractivity contribution in [1.82, 2.24) is 15.2 Å². The van der Waals surface area contributed by atoms with Gasteiger partial charge < -0.3 is 10.2 Å². The van der Waals surface area contributed by atoms with Crippen LogP contribution in [0.3, 0.4) is 0 Å². The Morgan fingerprint density at radius 1 is 1.27 bits per heavy atom. The smallest absolute Gasteiger partial charge is 0.238 e. The molecule has 1 N–H and O–H groups in total. The number of halogens is 1. The monoisotopic (exact) mass is 405 g/mol. The predicted octanol–water partition coefficient (Wildman–Crippen LogP) is 4.46. The molecule has 0 aliphatic carbocycles. The Labute approximate surface area is 166 Å². The minimum absolute atomic E-state index is 0.000313. The van der Waals surface area contributed by atoms with E-state index in [1.165, 1.54) is 11.8 Å². The molecule has 0 saturated carbocycles. The minimum atomic E-state index is -0.339. The number of benzene rings is 2. The molecule has 3 rings (SSSR count). The number of amides is 1. The molecule has 1 heterocycles. The van der Waals surface area contributed by atoms with Gasteiger partial charge >= 0.3 is 0 Å². The summed E-state index contributed by atoms with van der Waals surface area (Å²) in [5.74, 6) is 0.000313. The fourth-order valence-corrected chi connectivity index (χ4v) is 4.86. The zero-order chi connectivity index (χ0) is 18.5. The van der Waals surface area contributed by atoms with Gasteiger partial charge in [-0.1, -0.05) is 53.7 Å². The number of nitrogens with zero attached hydrogens (tertiary/aromatic N) is 2. The summed E-state index contributed by atoms with van der Waals surface area (Å²) in [5, 5.41) is 3.36. The number of hydrogen-bond donors (Lipinski definition) is 1. The van der Waals surface area contributed by atoms with E-state index in [1.807, 2.05) is 67.5 Å². The Bertz CT molecular complexity index is 883. The molecular weight excluding hydrogens is 386 g/mol. The molecule has 0 bridgehead atoms. The van der Waals surface area contributed by atoms with Crippen molar-refractivity contribution in [2.24, 2.45) is 0 Å². The van der Waals surface area contributed by atoms with Crippen LogP contribution >= 0.6 is 34.7 Å². The highest BCUT2D eigenvalue weighted by Crippen LogP contribution is 2.39. The molecule has 0 aliphatic rings. The van der Waals surface area contributed by atoms with E-state index in [-0.39, 0.29) is 11.2 Å². The van der Waals surface area contributed by atoms with Crippen LogP contribution in [0.15, 0.2) is 52.9 Å². The molecule has 136 valence electrons. The van der Waals surface area contributed by atoms with Crippen molar-refractivity contribution in [3.63, 3.8) is 0 Å². The van der Waals surface area contributed by atoms with Crippen molar-refractivity contribution in [3.8, 4) is 0 Å². The second kappa shape index (κ2) is 8.86. The number of fused-ring (bicyclic) bond motifs is 1. The van der Waals surface area contributed by atoms with Gasteiger partial charge in [-0.25, -0.2) is 4.98 Å². The molecule has 7 heteroatoms. The van der Waals surface area contributed by atoms with Crippen LogP contribution in [0.25, 0.3) is 10.2 Å². The molecule has 0 fully saturated rings. The fourth-order valence-electron chi connectivity index (χ4n) is 2.43. The largest absolute Gasteiger partial charge is 0.354 e. The lowest BCUT2D eigenvalue weighted by molar-refractivity contribution is -0.120. The molecule has 4 nitrogen and oxygen atoms in total. The van der Waals surface area contributed by atoms with E-state index >= 15 is 0 Å². The molecule has 0 radical (unpaired) electrons. The number of aromatic nitrogens is 1. The number of thioether (sulfide) groups is 1. The second-order valence-corrected chi connectivity index (χ2v) is 8.91. The van der Waals surface area contributed by atoms with Gasteiger partial charge in [-0.05, 0) is 37.9 Å². The molecular formula is C19H20ClN3OS2. The van der Waals surface area contributed by atoms with Crippen LogP contribution in [0.4, 0.5) is 0 Å². The average molecular weight is 406 g/mol. The summed E-state index contributed by atoms with van der Waals surface area (Å²) in [7, 11) is 3.98. The summed E-state index contributed by atoms with van der Waals surface area (Å²) in [6, 6.07) is 15.5. The lowest BCUT2D eigenvalue weighted by Gasteiger charge is -2.17. The van der Waals surface area contributed by atoms with E-state index in [4.69, 9.17) is 11.6 Å². The maximum absolute atomic E-state index is 12.8. The van der Waals surface area contributed by atoms with Crippen molar-refractivity contribution in [3.05, 3.63) is 59.1 Å². The molecule has 0 saturated heterocycles. The lowest BCUT2D eigenvalue weighted by atomic mass is 10.1. The van der Waals surface area contributed by atoms with Crippen LogP contribution in [0.1, 0.15) is 10.8 Å². The molecule has 1 unspecified atom stereocenters. The Morgan fingerprint density at radius 3 is 2.77 bits per heavy atom. The van der Waals surface area contributed by atoms with Crippen LogP contribution in [0.2, 0.25) is 5.02 Å². The second-order valence-electron chi connectivity index (χ2n) is 6.09. The Morgan fingerprint density at radius 2 is 2.04 bits per heavy atom. The van der Waals surface area contributed by atoms with Gasteiger partial charge in [0.1, 0.15) is 5.25 Å². The highest BCUT2D eigenvalue weighted by molar-refractivity contribution is 8.02. The van der Waals surface area contributed by atoms with Crippen LogP contribution in [0, 0.1) is 0 Å². The molecule has 1 aromatic heterocycles. The number of thiazole rings is 1. The quantitative estimate of drug-likeness (QED) is 0.589. The highest BCUT2D eigenvalue weighted by atomic mass is 35.5. The lowest BCUT2D eigenvalue weighted by Crippen LogP contribution is -2.33. The Balaban J connectivity index is 1.81. The summed E-state index contributed by atoms with van der Waals surface area (Å²) in [6.07, 6.45) is 0. The summed E-state index contributed by atoms with van der Waals surface area (Å²) in [5.41, 5.74) is 1.84. The third kappa shape index (κ3) is 4.98. The first-order chi connectivity index (χ1) is 12.5. The SMILES string of the molecule is CN(C)CCNC(=O)C(Sc1nc2cc(Cl)ccc2s1)c1ccccc1. The van der Waals surface area contributed by atoms with Crippen molar-refractivity contribution in [2.45, 2.75) is 9.59 Å². The van der Waals surface area contributed by atoms with Crippen LogP contribution < -0.4 is 5.32 Å². The number of hydrogen-bond acceptors (Lipinski definition) is 5. The van der Waals surface area contributed by atoms with E-state index in [1.54, 1.807) is 11.3 Å². The normalized spacial score (nSPS) is 12.5. The van der Waals surface area contributed by atoms with Crippen molar-refractivity contribution < 1.29 is 4.79 Å². The first kappa shape index (κ1) is 19.2. The molecule has 26 heavy (non-hydrogen) atoms. The van der Waals surface area contributed by atoms with Gasteiger partial charge in [0.15, 0.2) is 4.34 Å². The zero-order valence-corrected chi connectivity index (χ0v) is 17.0. The number of rotatable bonds is 7. The molecule has 0 spiro atoms. The molecule has 2 aromatic carbocycles. The molecule has 0 aliphatic heterocycles. The average Bonchev–Trinajstić information content (AvgIpc) is 3.01. The Kier molecular flexibility index (Phi) is 6.53. The third-order valence-corrected chi connectivity index (χ3v) is 6.37. The number of carbonyl (C=O) groups is 1. The number of likely N-dealkylation sites (N-methyl/N-ethyl adjacent to an activating group) is 1. The molecule has 1 atom stereocenters. The van der Waals surface area contributed by atoms with Gasteiger partial charge in [0, 0.05) is 18.1 Å². The van der Waals surface area contributed by atoms with Crippen molar-refractivity contribution in [2.75, 3.05) is 27.2 Å². The van der Waals surface area contributed by atoms with E-state index < -0.39 is 0 Å². The van der Waals surface area contributed by atoms with Gasteiger partial charge in [0.05, 0.1) is 10.2 Å². The van der Waals surface area contributed by atoms with Crippen molar-refractivity contribution >= 4 is 50.8 Å². The molecule has 3 aromatic rings. The van der Waals surface area contributed by atoms with Gasteiger partial charge in [0.2, 0.25) is 5.91 Å². The minimum Gasteiger partial charge on any atom is -0.354 e. The predicted molar refractivity (Wildman–Crippen MR) is 111 cm³/mol. The van der Waals surface area contributed by atoms with Gasteiger partial charge in [-0.3, -0.25) is 4.79 Å². The Hall–Kier alpha value is -1.60. The number of carbonyl (C=O) groups excluding carboxylic acids is 1. The van der Waals surface area contributed by atoms with E-state index in [0.717, 1.165) is 26.7 Å². The van der Waals surface area contributed by atoms with Gasteiger partial charge in [-0.2, -0.15) is 0 Å². The van der Waals surface area contributed by atoms with E-state index in [0.29, 0.717) is 11.6 Å². The summed E-state index contributed by atoms with van der Waals surface area (Å²) in [6.45, 7) is 1.42. The third-order valence-electron chi connectivity index (χ3n) is 3.75. The van der Waals surface area contributed by atoms with Crippen molar-refractivity contribution in [1.29, 1.82) is 0 Å². The zero-order valence-electron chi connectivity index (χ0n) is 14.6. The number of nitrogens with one attached hydrogen (secondary N) is 1. The fraction of sp³-hybridized carbons (Fsp3) is 0.263. The summed E-state index contributed by atoms with van der Waals surface area (Å²) < 4.78 is 1.93. The summed E-state index contributed by atoms with van der Waals surface area (Å²) in [4.78, 5) is 19.5. The standard InChI is InChI=1S/C19H20ClN3OS2/c1-23(2)11-10-21-18(24)17(13-6-4-3-5-7-13)26-19-22-15-12-14(20)8-9-16(15)25-19/h3-9,12,17H,10-11H2,1-2H3,(H,21,24). The maximum atomic E-state index is 12.8. The van der Waals surface area contributed by atoms with Crippen LogP contribution in [0.5, 0.6) is 0 Å². The van der Waals surface area contributed by atoms with E-state index in [2.05, 4.69) is 10.3 Å². The highest BCUT2D eigenvalue weighted by Gasteiger charge is 2.23. The van der Waals surface area contributed by atoms with Crippen LogP contribution in [-0.4, -0.2) is 43.0 Å². The first-order valence-electron chi connectivity index (χ1n) is 8.23. The van der Waals surface area contributed by atoms with Gasteiger partial charge in [0.25, 0.3) is 0 Å². The topological polar surface area (TPSA) is 45.2 Å². The maximum Gasteiger partial charge on any atom is 0.238 e. The first-order valence-corrected chi connectivity index (χ1v) is 10.3. The van der Waals surface area contributed by atoms with Crippen LogP contribution in [-0.2, 0) is 4.79 Å². The summed E-state index contributed by atoms with van der Waals surface area (Å²) >= 11 is 9.11.